The third-order valence-electron chi connectivity index (χ3n) is 3.61. The molecule has 2 aromatic rings. The summed E-state index contributed by atoms with van der Waals surface area (Å²) in [5, 5.41) is 7.05. The SMILES string of the molecule is CC(=O)NCc1ccc(C(=O)Nc2ccc(C(=O)NCC(F)(F)F)cc2)cc1. The number of benzene rings is 2. The molecule has 0 spiro atoms. The predicted molar refractivity (Wildman–Crippen MR) is 96.7 cm³/mol. The summed E-state index contributed by atoms with van der Waals surface area (Å²) in [6.07, 6.45) is -4.48. The fourth-order valence-corrected chi connectivity index (χ4v) is 2.19. The van der Waals surface area contributed by atoms with E-state index in [-0.39, 0.29) is 17.4 Å². The highest BCUT2D eigenvalue weighted by atomic mass is 19.4. The van der Waals surface area contributed by atoms with Gasteiger partial charge in [-0.3, -0.25) is 14.4 Å². The summed E-state index contributed by atoms with van der Waals surface area (Å²) in [5.41, 5.74) is 1.66. The summed E-state index contributed by atoms with van der Waals surface area (Å²) < 4.78 is 36.4. The second-order valence-electron chi connectivity index (χ2n) is 5.94. The second kappa shape index (κ2) is 9.03. The fraction of sp³-hybridized carbons (Fsp3) is 0.211. The van der Waals surface area contributed by atoms with Gasteiger partial charge < -0.3 is 16.0 Å². The molecule has 0 aliphatic heterocycles. The predicted octanol–water partition coefficient (Wildman–Crippen LogP) is 2.87. The van der Waals surface area contributed by atoms with Crippen LogP contribution < -0.4 is 16.0 Å². The Kier molecular flexibility index (Phi) is 6.75. The van der Waals surface area contributed by atoms with Crippen LogP contribution in [0.5, 0.6) is 0 Å². The first-order valence-electron chi connectivity index (χ1n) is 8.24. The number of rotatable bonds is 6. The minimum Gasteiger partial charge on any atom is -0.352 e. The molecule has 0 fully saturated rings. The molecule has 0 radical (unpaired) electrons. The highest BCUT2D eigenvalue weighted by Crippen LogP contribution is 2.14. The standard InChI is InChI=1S/C19H18F3N3O3/c1-12(26)23-10-13-2-4-15(5-3-13)18(28)25-16-8-6-14(7-9-16)17(27)24-11-19(20,21)22/h2-9H,10-11H2,1H3,(H,23,26)(H,24,27)(H,25,28). The molecule has 0 aromatic heterocycles. The van der Waals surface area contributed by atoms with Crippen molar-refractivity contribution in [3.8, 4) is 0 Å². The van der Waals surface area contributed by atoms with Crippen LogP contribution >= 0.6 is 0 Å². The summed E-state index contributed by atoms with van der Waals surface area (Å²) in [6.45, 7) is 0.352. The van der Waals surface area contributed by atoms with Gasteiger partial charge in [-0.15, -0.1) is 0 Å². The quantitative estimate of drug-likeness (QED) is 0.705. The minimum absolute atomic E-state index is 0.0459. The van der Waals surface area contributed by atoms with Gasteiger partial charge in [0, 0.05) is 30.3 Å². The highest BCUT2D eigenvalue weighted by Gasteiger charge is 2.27. The van der Waals surface area contributed by atoms with Gasteiger partial charge in [0.05, 0.1) is 0 Å². The lowest BCUT2D eigenvalue weighted by Gasteiger charge is -2.09. The first kappa shape index (κ1) is 20.9. The molecule has 0 aliphatic rings. The average molecular weight is 393 g/mol. The van der Waals surface area contributed by atoms with Gasteiger partial charge in [0.25, 0.3) is 11.8 Å². The minimum atomic E-state index is -4.48. The van der Waals surface area contributed by atoms with Crippen molar-refractivity contribution in [1.29, 1.82) is 0 Å². The Labute approximate surface area is 159 Å². The largest absolute Gasteiger partial charge is 0.405 e. The van der Waals surface area contributed by atoms with Crippen LogP contribution in [-0.4, -0.2) is 30.4 Å². The Balaban J connectivity index is 1.93. The Hall–Kier alpha value is -3.36. The van der Waals surface area contributed by atoms with E-state index < -0.39 is 18.6 Å². The molecule has 0 bridgehead atoms. The molecule has 0 saturated heterocycles. The first-order chi connectivity index (χ1) is 13.1. The van der Waals surface area contributed by atoms with Crippen LogP contribution in [0.15, 0.2) is 48.5 Å². The molecule has 0 unspecified atom stereocenters. The van der Waals surface area contributed by atoms with Crippen LogP contribution in [0.3, 0.4) is 0 Å². The highest BCUT2D eigenvalue weighted by molar-refractivity contribution is 6.04. The van der Waals surface area contributed by atoms with Gasteiger partial charge in [-0.25, -0.2) is 0 Å². The fourth-order valence-electron chi connectivity index (χ4n) is 2.19. The third kappa shape index (κ3) is 6.75. The number of amides is 3. The Morgan fingerprint density at radius 3 is 1.89 bits per heavy atom. The first-order valence-corrected chi connectivity index (χ1v) is 8.24. The van der Waals surface area contributed by atoms with Gasteiger partial charge in [0.15, 0.2) is 0 Å². The van der Waals surface area contributed by atoms with Gasteiger partial charge in [-0.2, -0.15) is 13.2 Å². The van der Waals surface area contributed by atoms with Crippen LogP contribution in [0, 0.1) is 0 Å². The van der Waals surface area contributed by atoms with Crippen molar-refractivity contribution in [1.82, 2.24) is 10.6 Å². The maximum atomic E-state index is 12.2. The zero-order valence-corrected chi connectivity index (χ0v) is 14.9. The van der Waals surface area contributed by atoms with Crippen molar-refractivity contribution in [2.24, 2.45) is 0 Å². The summed E-state index contributed by atoms with van der Waals surface area (Å²) >= 11 is 0. The lowest BCUT2D eigenvalue weighted by molar-refractivity contribution is -0.123. The molecular formula is C19H18F3N3O3. The van der Waals surface area contributed by atoms with E-state index in [4.69, 9.17) is 0 Å². The number of nitrogens with one attached hydrogen (secondary N) is 3. The van der Waals surface area contributed by atoms with E-state index in [1.165, 1.54) is 31.2 Å². The summed E-state index contributed by atoms with van der Waals surface area (Å²) in [6, 6.07) is 12.1. The summed E-state index contributed by atoms with van der Waals surface area (Å²) in [5.74, 6) is -1.40. The van der Waals surface area contributed by atoms with E-state index in [1.54, 1.807) is 29.6 Å². The van der Waals surface area contributed by atoms with Gasteiger partial charge in [0.2, 0.25) is 5.91 Å². The molecule has 3 N–H and O–H groups in total. The Morgan fingerprint density at radius 1 is 0.821 bits per heavy atom. The van der Waals surface area contributed by atoms with E-state index in [1.807, 2.05) is 0 Å². The van der Waals surface area contributed by atoms with Crippen molar-refractivity contribution in [3.63, 3.8) is 0 Å². The van der Waals surface area contributed by atoms with Crippen molar-refractivity contribution in [2.45, 2.75) is 19.6 Å². The molecular weight excluding hydrogens is 375 g/mol. The Morgan fingerprint density at radius 2 is 1.36 bits per heavy atom. The van der Waals surface area contributed by atoms with Crippen LogP contribution in [0.2, 0.25) is 0 Å². The lowest BCUT2D eigenvalue weighted by atomic mass is 10.1. The molecule has 28 heavy (non-hydrogen) atoms. The van der Waals surface area contributed by atoms with E-state index in [0.29, 0.717) is 17.8 Å². The molecule has 0 heterocycles. The number of carbonyl (C=O) groups excluding carboxylic acids is 3. The number of halogens is 3. The number of carbonyl (C=O) groups is 3. The topological polar surface area (TPSA) is 87.3 Å². The van der Waals surface area contributed by atoms with E-state index in [0.717, 1.165) is 5.56 Å². The summed E-state index contributed by atoms with van der Waals surface area (Å²) in [7, 11) is 0. The maximum absolute atomic E-state index is 12.2. The van der Waals surface area contributed by atoms with Gasteiger partial charge >= 0.3 is 6.18 Å². The van der Waals surface area contributed by atoms with Crippen molar-refractivity contribution in [3.05, 3.63) is 65.2 Å². The third-order valence-corrected chi connectivity index (χ3v) is 3.61. The van der Waals surface area contributed by atoms with Crippen molar-refractivity contribution < 1.29 is 27.6 Å². The Bertz CT molecular complexity index is 847. The molecule has 148 valence electrons. The van der Waals surface area contributed by atoms with Crippen molar-refractivity contribution in [2.75, 3.05) is 11.9 Å². The van der Waals surface area contributed by atoms with Crippen LogP contribution in [0.1, 0.15) is 33.2 Å². The van der Waals surface area contributed by atoms with Crippen LogP contribution in [0.25, 0.3) is 0 Å². The maximum Gasteiger partial charge on any atom is 0.405 e. The van der Waals surface area contributed by atoms with Crippen LogP contribution in [0.4, 0.5) is 18.9 Å². The molecule has 3 amide bonds. The molecule has 2 aromatic carbocycles. The number of alkyl halides is 3. The zero-order chi connectivity index (χ0) is 20.7. The van der Waals surface area contributed by atoms with Gasteiger partial charge in [-0.05, 0) is 42.0 Å². The monoisotopic (exact) mass is 393 g/mol. The average Bonchev–Trinajstić information content (AvgIpc) is 2.65. The number of anilines is 1. The van der Waals surface area contributed by atoms with E-state index in [9.17, 15) is 27.6 Å². The van der Waals surface area contributed by atoms with Gasteiger partial charge in [0.1, 0.15) is 6.54 Å². The molecule has 6 nitrogen and oxygen atoms in total. The molecule has 0 saturated carbocycles. The van der Waals surface area contributed by atoms with E-state index >= 15 is 0 Å². The van der Waals surface area contributed by atoms with Crippen molar-refractivity contribution >= 4 is 23.4 Å². The zero-order valence-electron chi connectivity index (χ0n) is 14.9. The second-order valence-corrected chi connectivity index (χ2v) is 5.94. The molecule has 0 atom stereocenters. The normalized spacial score (nSPS) is 10.9. The molecule has 9 heteroatoms. The number of hydrogen-bond acceptors (Lipinski definition) is 3. The number of hydrogen-bond donors (Lipinski definition) is 3. The molecule has 2 rings (SSSR count). The lowest BCUT2D eigenvalue weighted by Crippen LogP contribution is -2.33. The summed E-state index contributed by atoms with van der Waals surface area (Å²) in [4.78, 5) is 34.8. The molecule has 0 aliphatic carbocycles. The van der Waals surface area contributed by atoms with Crippen LogP contribution in [-0.2, 0) is 11.3 Å². The smallest absolute Gasteiger partial charge is 0.352 e. The van der Waals surface area contributed by atoms with E-state index in [2.05, 4.69) is 10.6 Å². The van der Waals surface area contributed by atoms with Gasteiger partial charge in [-0.1, -0.05) is 12.1 Å².